The van der Waals surface area contributed by atoms with Crippen LogP contribution in [0.5, 0.6) is 11.5 Å². The van der Waals surface area contributed by atoms with E-state index < -0.39 is 0 Å². The number of likely N-dealkylation sites (N-methyl/N-ethyl adjacent to an activating group) is 1. The van der Waals surface area contributed by atoms with Crippen LogP contribution in [0.2, 0.25) is 0 Å². The Hall–Kier alpha value is -2.73. The summed E-state index contributed by atoms with van der Waals surface area (Å²) in [5, 5.41) is 5.79. The molecule has 138 valence electrons. The second kappa shape index (κ2) is 8.58. The number of hydrogen-bond acceptors (Lipinski definition) is 4. The van der Waals surface area contributed by atoms with Crippen LogP contribution in [-0.4, -0.2) is 50.8 Å². The first-order valence-corrected chi connectivity index (χ1v) is 8.75. The fourth-order valence-electron chi connectivity index (χ4n) is 2.90. The summed E-state index contributed by atoms with van der Waals surface area (Å²) in [5.41, 5.74) is 1.17. The molecule has 1 aliphatic heterocycles. The number of nitrogens with one attached hydrogen (secondary N) is 2. The molecule has 2 aromatic carbocycles. The van der Waals surface area contributed by atoms with Crippen LogP contribution in [0.4, 0.5) is 4.79 Å². The van der Waals surface area contributed by atoms with Crippen LogP contribution in [0.25, 0.3) is 0 Å². The molecule has 2 unspecified atom stereocenters. The van der Waals surface area contributed by atoms with Gasteiger partial charge in [-0.25, -0.2) is 4.79 Å². The Morgan fingerprint density at radius 1 is 1.08 bits per heavy atom. The normalized spacial score (nSPS) is 16.8. The van der Waals surface area contributed by atoms with Crippen LogP contribution in [0, 0.1) is 0 Å². The van der Waals surface area contributed by atoms with E-state index >= 15 is 0 Å². The second-order valence-corrected chi connectivity index (χ2v) is 6.48. The SMILES string of the molecule is CN(C)C(CNC(=O)NCC1COc2ccccc2O1)c1ccccc1. The molecule has 0 bridgehead atoms. The van der Waals surface area contributed by atoms with Crippen molar-refractivity contribution in [2.24, 2.45) is 0 Å². The second-order valence-electron chi connectivity index (χ2n) is 6.48. The molecule has 0 fully saturated rings. The van der Waals surface area contributed by atoms with Crippen molar-refractivity contribution in [3.05, 3.63) is 60.2 Å². The number of amides is 2. The Kier molecular flexibility index (Phi) is 5.96. The zero-order valence-electron chi connectivity index (χ0n) is 15.1. The predicted octanol–water partition coefficient (Wildman–Crippen LogP) is 2.43. The van der Waals surface area contributed by atoms with Crippen molar-refractivity contribution in [2.75, 3.05) is 33.8 Å². The Labute approximate surface area is 154 Å². The number of urea groups is 1. The molecule has 3 rings (SSSR count). The van der Waals surface area contributed by atoms with Gasteiger partial charge in [-0.2, -0.15) is 0 Å². The number of ether oxygens (including phenoxy) is 2. The summed E-state index contributed by atoms with van der Waals surface area (Å²) in [6, 6.07) is 17.6. The van der Waals surface area contributed by atoms with E-state index in [1.807, 2.05) is 56.6 Å². The summed E-state index contributed by atoms with van der Waals surface area (Å²) in [6.07, 6.45) is -0.200. The molecule has 0 saturated heterocycles. The molecular weight excluding hydrogens is 330 g/mol. The van der Waals surface area contributed by atoms with Gasteiger partial charge in [0.15, 0.2) is 17.6 Å². The number of benzene rings is 2. The highest BCUT2D eigenvalue weighted by Crippen LogP contribution is 2.30. The molecule has 2 atom stereocenters. The van der Waals surface area contributed by atoms with E-state index in [9.17, 15) is 4.79 Å². The topological polar surface area (TPSA) is 62.8 Å². The van der Waals surface area contributed by atoms with Gasteiger partial charge < -0.3 is 25.0 Å². The van der Waals surface area contributed by atoms with Crippen LogP contribution >= 0.6 is 0 Å². The van der Waals surface area contributed by atoms with Gasteiger partial charge in [0.1, 0.15) is 6.61 Å². The highest BCUT2D eigenvalue weighted by Gasteiger charge is 2.21. The standard InChI is InChI=1S/C20H25N3O3/c1-23(2)17(15-8-4-3-5-9-15)13-22-20(24)21-12-16-14-25-18-10-6-7-11-19(18)26-16/h3-11,16-17H,12-14H2,1-2H3,(H2,21,22,24). The van der Waals surface area contributed by atoms with Crippen molar-refractivity contribution in [3.63, 3.8) is 0 Å². The summed E-state index contributed by atoms with van der Waals surface area (Å²) in [7, 11) is 4.00. The highest BCUT2D eigenvalue weighted by molar-refractivity contribution is 5.73. The van der Waals surface area contributed by atoms with E-state index in [-0.39, 0.29) is 18.2 Å². The molecule has 6 nitrogen and oxygen atoms in total. The molecule has 6 heteroatoms. The van der Waals surface area contributed by atoms with Gasteiger partial charge in [-0.1, -0.05) is 42.5 Å². The fourth-order valence-corrected chi connectivity index (χ4v) is 2.90. The van der Waals surface area contributed by atoms with Crippen molar-refractivity contribution in [1.82, 2.24) is 15.5 Å². The molecule has 0 spiro atoms. The molecule has 26 heavy (non-hydrogen) atoms. The summed E-state index contributed by atoms with van der Waals surface area (Å²) in [4.78, 5) is 14.2. The van der Waals surface area contributed by atoms with Gasteiger partial charge in [0, 0.05) is 6.54 Å². The van der Waals surface area contributed by atoms with E-state index in [2.05, 4.69) is 27.7 Å². The molecule has 0 aliphatic carbocycles. The van der Waals surface area contributed by atoms with Crippen LogP contribution in [0.3, 0.4) is 0 Å². The lowest BCUT2D eigenvalue weighted by atomic mass is 10.1. The van der Waals surface area contributed by atoms with Crippen molar-refractivity contribution in [1.29, 1.82) is 0 Å². The van der Waals surface area contributed by atoms with Gasteiger partial charge in [-0.05, 0) is 31.8 Å². The zero-order chi connectivity index (χ0) is 18.4. The maximum absolute atomic E-state index is 12.2. The van der Waals surface area contributed by atoms with Crippen LogP contribution in [0.15, 0.2) is 54.6 Å². The minimum absolute atomic E-state index is 0.114. The molecule has 2 amide bonds. The lowest BCUT2D eigenvalue weighted by Gasteiger charge is -2.27. The average Bonchev–Trinajstić information content (AvgIpc) is 2.67. The van der Waals surface area contributed by atoms with Gasteiger partial charge in [0.05, 0.1) is 12.6 Å². The van der Waals surface area contributed by atoms with Gasteiger partial charge in [0.25, 0.3) is 0 Å². The van der Waals surface area contributed by atoms with Crippen LogP contribution in [-0.2, 0) is 0 Å². The molecule has 0 radical (unpaired) electrons. The number of nitrogens with zero attached hydrogens (tertiary/aromatic N) is 1. The molecule has 1 aliphatic rings. The summed E-state index contributed by atoms with van der Waals surface area (Å²) < 4.78 is 11.5. The third kappa shape index (κ3) is 4.67. The quantitative estimate of drug-likeness (QED) is 0.835. The number of rotatable bonds is 6. The Morgan fingerprint density at radius 2 is 1.77 bits per heavy atom. The van der Waals surface area contributed by atoms with E-state index in [0.29, 0.717) is 25.4 Å². The summed E-state index contributed by atoms with van der Waals surface area (Å²) in [5.74, 6) is 1.45. The fraction of sp³-hybridized carbons (Fsp3) is 0.350. The summed E-state index contributed by atoms with van der Waals surface area (Å²) >= 11 is 0. The number of carbonyl (C=O) groups excluding carboxylic acids is 1. The van der Waals surface area contributed by atoms with Crippen LogP contribution in [0.1, 0.15) is 11.6 Å². The Balaban J connectivity index is 1.46. The predicted molar refractivity (Wildman–Crippen MR) is 101 cm³/mol. The first-order chi connectivity index (χ1) is 12.6. The first kappa shape index (κ1) is 18.1. The van der Waals surface area contributed by atoms with Crippen molar-refractivity contribution in [3.8, 4) is 11.5 Å². The number of hydrogen-bond donors (Lipinski definition) is 2. The van der Waals surface area contributed by atoms with Crippen molar-refractivity contribution < 1.29 is 14.3 Å². The number of fused-ring (bicyclic) bond motifs is 1. The van der Waals surface area contributed by atoms with Gasteiger partial charge in [0.2, 0.25) is 0 Å². The smallest absolute Gasteiger partial charge is 0.314 e. The number of carbonyl (C=O) groups is 1. The van der Waals surface area contributed by atoms with E-state index in [4.69, 9.17) is 9.47 Å². The monoisotopic (exact) mass is 355 g/mol. The summed E-state index contributed by atoms with van der Waals surface area (Å²) in [6.45, 7) is 1.33. The highest BCUT2D eigenvalue weighted by atomic mass is 16.6. The lowest BCUT2D eigenvalue weighted by molar-refractivity contribution is 0.0917. The van der Waals surface area contributed by atoms with E-state index in [1.165, 1.54) is 5.56 Å². The molecule has 1 heterocycles. The largest absolute Gasteiger partial charge is 0.486 e. The lowest BCUT2D eigenvalue weighted by Crippen LogP contribution is -2.46. The first-order valence-electron chi connectivity index (χ1n) is 8.75. The third-order valence-electron chi connectivity index (χ3n) is 4.32. The number of para-hydroxylation sites is 2. The molecular formula is C20H25N3O3. The molecule has 2 N–H and O–H groups in total. The maximum atomic E-state index is 12.2. The molecule has 2 aromatic rings. The molecule has 0 saturated carbocycles. The van der Waals surface area contributed by atoms with Crippen LogP contribution < -0.4 is 20.1 Å². The van der Waals surface area contributed by atoms with Gasteiger partial charge >= 0.3 is 6.03 Å². The van der Waals surface area contributed by atoms with E-state index in [0.717, 1.165) is 5.75 Å². The third-order valence-corrected chi connectivity index (χ3v) is 4.32. The zero-order valence-corrected chi connectivity index (χ0v) is 15.1. The Morgan fingerprint density at radius 3 is 2.50 bits per heavy atom. The van der Waals surface area contributed by atoms with Gasteiger partial charge in [-0.15, -0.1) is 0 Å². The Bertz CT molecular complexity index is 721. The maximum Gasteiger partial charge on any atom is 0.314 e. The van der Waals surface area contributed by atoms with Gasteiger partial charge in [-0.3, -0.25) is 0 Å². The minimum Gasteiger partial charge on any atom is -0.486 e. The minimum atomic E-state index is -0.213. The molecule has 0 aromatic heterocycles. The van der Waals surface area contributed by atoms with Crippen molar-refractivity contribution in [2.45, 2.75) is 12.1 Å². The average molecular weight is 355 g/mol. The van der Waals surface area contributed by atoms with Crippen molar-refractivity contribution >= 4 is 6.03 Å². The van der Waals surface area contributed by atoms with E-state index in [1.54, 1.807) is 0 Å².